The third-order valence-electron chi connectivity index (χ3n) is 2.63. The molecule has 0 saturated carbocycles. The highest BCUT2D eigenvalue weighted by Gasteiger charge is 2.14. The molecule has 3 nitrogen and oxygen atoms in total. The summed E-state index contributed by atoms with van der Waals surface area (Å²) in [5, 5.41) is 0.920. The Bertz CT molecular complexity index is 673. The van der Waals surface area contributed by atoms with Gasteiger partial charge in [-0.15, -0.1) is 11.3 Å². The molecule has 1 N–H and O–H groups in total. The van der Waals surface area contributed by atoms with Crippen molar-refractivity contribution in [1.82, 2.24) is 15.0 Å². The average Bonchev–Trinajstić information content (AvgIpc) is 2.99. The highest BCUT2D eigenvalue weighted by Crippen LogP contribution is 2.35. The number of hydrogen-bond donors (Lipinski definition) is 1. The number of hydrogen-bond acceptors (Lipinski definition) is 3. The van der Waals surface area contributed by atoms with E-state index in [1.807, 2.05) is 24.4 Å². The van der Waals surface area contributed by atoms with E-state index < -0.39 is 0 Å². The topological polar surface area (TPSA) is 41.6 Å². The standard InChI is InChI=1S/C13H10BrN3S/c1-8-11(9-4-2-3-5-10(9)14)17-13(18-8)12-15-6-7-16-12/h2-7H,1H3,(H,15,16). The van der Waals surface area contributed by atoms with E-state index in [9.17, 15) is 0 Å². The zero-order valence-corrected chi connectivity index (χ0v) is 12.0. The molecule has 3 rings (SSSR count). The van der Waals surface area contributed by atoms with Gasteiger partial charge in [0.15, 0.2) is 10.8 Å². The Hall–Kier alpha value is -1.46. The summed E-state index contributed by atoms with van der Waals surface area (Å²) in [4.78, 5) is 13.2. The molecule has 0 amide bonds. The predicted molar refractivity (Wildman–Crippen MR) is 77.6 cm³/mol. The lowest BCUT2D eigenvalue weighted by molar-refractivity contribution is 1.26. The van der Waals surface area contributed by atoms with Gasteiger partial charge in [-0.05, 0) is 13.0 Å². The van der Waals surface area contributed by atoms with Gasteiger partial charge >= 0.3 is 0 Å². The van der Waals surface area contributed by atoms with Crippen LogP contribution in [0, 0.1) is 6.92 Å². The summed E-state index contributed by atoms with van der Waals surface area (Å²) >= 11 is 5.22. The van der Waals surface area contributed by atoms with Gasteiger partial charge < -0.3 is 4.98 Å². The highest BCUT2D eigenvalue weighted by molar-refractivity contribution is 9.10. The van der Waals surface area contributed by atoms with E-state index in [2.05, 4.69) is 43.9 Å². The van der Waals surface area contributed by atoms with Crippen LogP contribution in [0.2, 0.25) is 0 Å². The van der Waals surface area contributed by atoms with Crippen LogP contribution in [0.25, 0.3) is 22.1 Å². The molecule has 18 heavy (non-hydrogen) atoms. The van der Waals surface area contributed by atoms with Gasteiger partial charge in [0, 0.05) is 27.3 Å². The molecule has 0 aliphatic rings. The van der Waals surface area contributed by atoms with Gasteiger partial charge in [0.05, 0.1) is 5.69 Å². The molecule has 0 aliphatic heterocycles. The lowest BCUT2D eigenvalue weighted by Gasteiger charge is -2.01. The third kappa shape index (κ3) is 2.00. The van der Waals surface area contributed by atoms with Crippen molar-refractivity contribution >= 4 is 27.3 Å². The fourth-order valence-electron chi connectivity index (χ4n) is 1.78. The maximum absolute atomic E-state index is 4.68. The number of aryl methyl sites for hydroxylation is 1. The van der Waals surface area contributed by atoms with Crippen molar-refractivity contribution in [3.05, 3.63) is 46.0 Å². The lowest BCUT2D eigenvalue weighted by atomic mass is 10.1. The summed E-state index contributed by atoms with van der Waals surface area (Å²) in [6, 6.07) is 8.12. The first-order valence-corrected chi connectivity index (χ1v) is 7.09. The van der Waals surface area contributed by atoms with Crippen LogP contribution in [0.5, 0.6) is 0 Å². The van der Waals surface area contributed by atoms with Crippen molar-refractivity contribution in [3.63, 3.8) is 0 Å². The molecule has 0 atom stereocenters. The molecule has 0 saturated heterocycles. The summed E-state index contributed by atoms with van der Waals surface area (Å²) in [6.07, 6.45) is 3.55. The summed E-state index contributed by atoms with van der Waals surface area (Å²) in [5.74, 6) is 0.821. The van der Waals surface area contributed by atoms with Crippen LogP contribution in [0.4, 0.5) is 0 Å². The molecule has 0 spiro atoms. The molecular formula is C13H10BrN3S. The zero-order chi connectivity index (χ0) is 12.5. The number of rotatable bonds is 2. The summed E-state index contributed by atoms with van der Waals surface area (Å²) in [5.41, 5.74) is 2.13. The Morgan fingerprint density at radius 1 is 1.28 bits per heavy atom. The summed E-state index contributed by atoms with van der Waals surface area (Å²) < 4.78 is 1.06. The number of aromatic amines is 1. The van der Waals surface area contributed by atoms with Gasteiger partial charge in [-0.25, -0.2) is 9.97 Å². The number of H-pyrrole nitrogens is 1. The minimum atomic E-state index is 0.821. The molecule has 0 bridgehead atoms. The fraction of sp³-hybridized carbons (Fsp3) is 0.0769. The molecule has 3 aromatic rings. The molecule has 0 radical (unpaired) electrons. The first kappa shape index (κ1) is 11.6. The molecule has 0 aliphatic carbocycles. The molecule has 1 aromatic carbocycles. The van der Waals surface area contributed by atoms with Crippen molar-refractivity contribution in [3.8, 4) is 22.1 Å². The second-order valence-corrected chi connectivity index (χ2v) is 5.90. The zero-order valence-electron chi connectivity index (χ0n) is 9.64. The number of aromatic nitrogens is 3. The van der Waals surface area contributed by atoms with Crippen molar-refractivity contribution < 1.29 is 0 Å². The van der Waals surface area contributed by atoms with Gasteiger partial charge in [0.2, 0.25) is 0 Å². The minimum Gasteiger partial charge on any atom is -0.343 e. The number of nitrogens with one attached hydrogen (secondary N) is 1. The van der Waals surface area contributed by atoms with Crippen LogP contribution in [0.15, 0.2) is 41.1 Å². The molecule has 0 unspecified atom stereocenters. The molecule has 5 heteroatoms. The lowest BCUT2D eigenvalue weighted by Crippen LogP contribution is -1.83. The van der Waals surface area contributed by atoms with Crippen molar-refractivity contribution in [2.45, 2.75) is 6.92 Å². The first-order valence-electron chi connectivity index (χ1n) is 5.48. The van der Waals surface area contributed by atoms with Crippen molar-refractivity contribution in [1.29, 1.82) is 0 Å². The van der Waals surface area contributed by atoms with Gasteiger partial charge in [-0.2, -0.15) is 0 Å². The largest absolute Gasteiger partial charge is 0.343 e. The first-order chi connectivity index (χ1) is 8.75. The van der Waals surface area contributed by atoms with Crippen molar-refractivity contribution in [2.24, 2.45) is 0 Å². The van der Waals surface area contributed by atoms with Crippen molar-refractivity contribution in [2.75, 3.05) is 0 Å². The van der Waals surface area contributed by atoms with Gasteiger partial charge in [-0.1, -0.05) is 34.1 Å². The minimum absolute atomic E-state index is 0.821. The highest BCUT2D eigenvalue weighted by atomic mass is 79.9. The van der Waals surface area contributed by atoms with E-state index in [4.69, 9.17) is 0 Å². The van der Waals surface area contributed by atoms with Gasteiger partial charge in [0.1, 0.15) is 0 Å². The molecule has 0 fully saturated rings. The molecule has 2 aromatic heterocycles. The SMILES string of the molecule is Cc1sc(-c2ncc[nH]2)nc1-c1ccccc1Br. The maximum Gasteiger partial charge on any atom is 0.166 e. The summed E-state index contributed by atoms with van der Waals surface area (Å²) in [6.45, 7) is 2.08. The predicted octanol–water partition coefficient (Wildman–Crippen LogP) is 4.27. The third-order valence-corrected chi connectivity index (χ3v) is 4.30. The Kier molecular flexibility index (Phi) is 3.01. The summed E-state index contributed by atoms with van der Waals surface area (Å²) in [7, 11) is 0. The number of thiazole rings is 1. The van der Waals surface area contributed by atoms with Gasteiger partial charge in [0.25, 0.3) is 0 Å². The van der Waals surface area contributed by atoms with Crippen LogP contribution in [0.1, 0.15) is 4.88 Å². The average molecular weight is 320 g/mol. The Morgan fingerprint density at radius 2 is 2.11 bits per heavy atom. The Balaban J connectivity index is 2.12. The van der Waals surface area contributed by atoms with Crippen LogP contribution in [-0.2, 0) is 0 Å². The Morgan fingerprint density at radius 3 is 2.83 bits per heavy atom. The smallest absolute Gasteiger partial charge is 0.166 e. The molecule has 90 valence electrons. The van der Waals surface area contributed by atoms with Crippen LogP contribution < -0.4 is 0 Å². The monoisotopic (exact) mass is 319 g/mol. The quantitative estimate of drug-likeness (QED) is 0.766. The normalized spacial score (nSPS) is 10.8. The van der Waals surface area contributed by atoms with E-state index >= 15 is 0 Å². The fourth-order valence-corrected chi connectivity index (χ4v) is 3.14. The second kappa shape index (κ2) is 4.66. The van der Waals surface area contributed by atoms with Gasteiger partial charge in [-0.3, -0.25) is 0 Å². The molecule has 2 heterocycles. The number of benzene rings is 1. The number of imidazole rings is 1. The van der Waals surface area contributed by atoms with E-state index in [0.717, 1.165) is 26.6 Å². The van der Waals surface area contributed by atoms with Crippen LogP contribution in [0.3, 0.4) is 0 Å². The van der Waals surface area contributed by atoms with E-state index in [1.165, 1.54) is 4.88 Å². The maximum atomic E-state index is 4.68. The Labute approximate surface area is 117 Å². The van der Waals surface area contributed by atoms with Crippen LogP contribution in [-0.4, -0.2) is 15.0 Å². The van der Waals surface area contributed by atoms with E-state index in [0.29, 0.717) is 0 Å². The number of halogens is 1. The number of nitrogens with zero attached hydrogens (tertiary/aromatic N) is 2. The molecular weight excluding hydrogens is 310 g/mol. The van der Waals surface area contributed by atoms with Crippen LogP contribution >= 0.6 is 27.3 Å². The second-order valence-electron chi connectivity index (χ2n) is 3.84. The van der Waals surface area contributed by atoms with E-state index in [-0.39, 0.29) is 0 Å². The van der Waals surface area contributed by atoms with E-state index in [1.54, 1.807) is 17.5 Å².